The van der Waals surface area contributed by atoms with E-state index in [-0.39, 0.29) is 11.7 Å². The number of aromatic nitrogens is 1. The summed E-state index contributed by atoms with van der Waals surface area (Å²) in [5.74, 6) is 0.158. The number of halogens is 2. The van der Waals surface area contributed by atoms with E-state index in [1.165, 1.54) is 12.1 Å². The summed E-state index contributed by atoms with van der Waals surface area (Å²) in [5, 5.41) is 1.21. The van der Waals surface area contributed by atoms with Gasteiger partial charge in [0.2, 0.25) is 0 Å². The molecule has 1 aliphatic heterocycles. The van der Waals surface area contributed by atoms with Gasteiger partial charge in [-0.25, -0.2) is 4.39 Å². The number of nitrogens with zero attached hydrogens (tertiary/aromatic N) is 2. The Hall–Kier alpha value is -2.92. The molecule has 6 heteroatoms. The fourth-order valence-electron chi connectivity index (χ4n) is 3.50. The lowest BCUT2D eigenvalue weighted by atomic mass is 10.0. The summed E-state index contributed by atoms with van der Waals surface area (Å²) in [7, 11) is 0. The third-order valence-electron chi connectivity index (χ3n) is 4.97. The monoisotopic (exact) mass is 410 g/mol. The summed E-state index contributed by atoms with van der Waals surface area (Å²) in [5.41, 5.74) is 2.30. The van der Waals surface area contributed by atoms with Gasteiger partial charge in [-0.3, -0.25) is 9.78 Å². The first-order chi connectivity index (χ1) is 14.0. The molecule has 1 atom stereocenters. The van der Waals surface area contributed by atoms with E-state index in [2.05, 4.69) is 11.1 Å². The minimum Gasteiger partial charge on any atom is -0.481 e. The summed E-state index contributed by atoms with van der Waals surface area (Å²) < 4.78 is 19.3. The standard InChI is InChI=1S/C23H20ClFN2O2/c1-15(23(28)27-11-3-2-4-12-27)29-17-6-8-20-18(9-10-26-22(20)14-17)19-7-5-16(25)13-21(19)24/h2-3,5-10,13-15H,4,11-12H2,1H3/t15-/m1/s1. The molecule has 2 heterocycles. The maximum atomic E-state index is 13.4. The number of carbonyl (C=O) groups is 1. The van der Waals surface area contributed by atoms with E-state index in [1.807, 2.05) is 24.3 Å². The Kier molecular flexibility index (Phi) is 5.49. The molecule has 29 heavy (non-hydrogen) atoms. The second kappa shape index (κ2) is 8.21. The zero-order chi connectivity index (χ0) is 20.4. The molecule has 4 nitrogen and oxygen atoms in total. The fraction of sp³-hybridized carbons (Fsp3) is 0.217. The van der Waals surface area contributed by atoms with Gasteiger partial charge in [0.25, 0.3) is 5.91 Å². The molecule has 1 aliphatic rings. The van der Waals surface area contributed by atoms with E-state index in [0.717, 1.165) is 22.9 Å². The van der Waals surface area contributed by atoms with Crippen LogP contribution in [0.2, 0.25) is 5.02 Å². The second-order valence-corrected chi connectivity index (χ2v) is 7.37. The van der Waals surface area contributed by atoms with E-state index < -0.39 is 6.10 Å². The van der Waals surface area contributed by atoms with Crippen molar-refractivity contribution in [3.8, 4) is 16.9 Å². The number of hydrogen-bond acceptors (Lipinski definition) is 3. The van der Waals surface area contributed by atoms with Gasteiger partial charge in [0.05, 0.1) is 10.5 Å². The van der Waals surface area contributed by atoms with Crippen molar-refractivity contribution in [2.24, 2.45) is 0 Å². The van der Waals surface area contributed by atoms with Crippen LogP contribution in [-0.2, 0) is 4.79 Å². The van der Waals surface area contributed by atoms with Crippen LogP contribution in [-0.4, -0.2) is 35.0 Å². The minimum absolute atomic E-state index is 0.0331. The van der Waals surface area contributed by atoms with Crippen LogP contribution in [0.25, 0.3) is 22.0 Å². The van der Waals surface area contributed by atoms with E-state index >= 15 is 0 Å². The first kappa shape index (κ1) is 19.4. The molecule has 148 valence electrons. The highest BCUT2D eigenvalue weighted by Gasteiger charge is 2.22. The molecule has 3 aromatic rings. The quantitative estimate of drug-likeness (QED) is 0.551. The fourth-order valence-corrected chi connectivity index (χ4v) is 3.77. The van der Waals surface area contributed by atoms with E-state index in [9.17, 15) is 9.18 Å². The van der Waals surface area contributed by atoms with Gasteiger partial charge in [-0.2, -0.15) is 0 Å². The van der Waals surface area contributed by atoms with Crippen LogP contribution in [0.15, 0.2) is 60.8 Å². The number of hydrogen-bond donors (Lipinski definition) is 0. The number of rotatable bonds is 4. The summed E-state index contributed by atoms with van der Waals surface area (Å²) in [4.78, 5) is 18.8. The summed E-state index contributed by atoms with van der Waals surface area (Å²) >= 11 is 6.24. The lowest BCUT2D eigenvalue weighted by molar-refractivity contribution is -0.137. The van der Waals surface area contributed by atoms with Gasteiger partial charge in [-0.1, -0.05) is 23.8 Å². The van der Waals surface area contributed by atoms with Gasteiger partial charge in [0.1, 0.15) is 11.6 Å². The van der Waals surface area contributed by atoms with Gasteiger partial charge in [-0.15, -0.1) is 0 Å². The molecule has 0 saturated heterocycles. The Bertz CT molecular complexity index is 1100. The number of pyridine rings is 1. The molecule has 0 fully saturated rings. The number of benzene rings is 2. The van der Waals surface area contributed by atoms with Crippen LogP contribution in [0, 0.1) is 5.82 Å². The number of carbonyl (C=O) groups excluding carboxylic acids is 1. The third kappa shape index (κ3) is 4.10. The van der Waals surface area contributed by atoms with Crippen LogP contribution in [0.5, 0.6) is 5.75 Å². The van der Waals surface area contributed by atoms with Gasteiger partial charge in [0.15, 0.2) is 6.10 Å². The van der Waals surface area contributed by atoms with Crippen LogP contribution in [0.3, 0.4) is 0 Å². The molecule has 0 unspecified atom stereocenters. The highest BCUT2D eigenvalue weighted by molar-refractivity contribution is 6.33. The van der Waals surface area contributed by atoms with E-state index in [4.69, 9.17) is 16.3 Å². The Morgan fingerprint density at radius 1 is 1.17 bits per heavy atom. The maximum Gasteiger partial charge on any atom is 0.263 e. The van der Waals surface area contributed by atoms with Crippen LogP contribution >= 0.6 is 11.6 Å². The highest BCUT2D eigenvalue weighted by Crippen LogP contribution is 2.34. The topological polar surface area (TPSA) is 42.4 Å². The normalized spacial score (nSPS) is 14.8. The molecule has 1 amide bonds. The molecule has 0 aliphatic carbocycles. The van der Waals surface area contributed by atoms with E-state index in [0.29, 0.717) is 29.4 Å². The van der Waals surface area contributed by atoms with E-state index in [1.54, 1.807) is 30.2 Å². The van der Waals surface area contributed by atoms with Crippen LogP contribution in [0.1, 0.15) is 13.3 Å². The van der Waals surface area contributed by atoms with Crippen LogP contribution < -0.4 is 4.74 Å². The SMILES string of the molecule is C[C@@H](Oc1ccc2c(-c3ccc(F)cc3Cl)ccnc2c1)C(=O)N1CC=CCC1. The second-order valence-electron chi connectivity index (χ2n) is 6.97. The number of fused-ring (bicyclic) bond motifs is 1. The van der Waals surface area contributed by atoms with Crippen molar-refractivity contribution in [2.45, 2.75) is 19.4 Å². The Morgan fingerprint density at radius 2 is 2.03 bits per heavy atom. The number of amides is 1. The summed E-state index contributed by atoms with van der Waals surface area (Å²) in [6, 6.07) is 11.7. The molecule has 2 aromatic carbocycles. The predicted octanol–water partition coefficient (Wildman–Crippen LogP) is 5.25. The Morgan fingerprint density at radius 3 is 2.79 bits per heavy atom. The van der Waals surface area contributed by atoms with Crippen molar-refractivity contribution >= 4 is 28.4 Å². The van der Waals surface area contributed by atoms with Crippen molar-refractivity contribution in [3.63, 3.8) is 0 Å². The Balaban J connectivity index is 1.60. The summed E-state index contributed by atoms with van der Waals surface area (Å²) in [6.07, 6.45) is 6.03. The molecule has 0 spiro atoms. The van der Waals surface area contributed by atoms with Crippen molar-refractivity contribution < 1.29 is 13.9 Å². The van der Waals surface area contributed by atoms with Crippen molar-refractivity contribution in [3.05, 3.63) is 71.7 Å². The molecule has 0 bridgehead atoms. The molecule has 0 radical (unpaired) electrons. The van der Waals surface area contributed by atoms with Gasteiger partial charge >= 0.3 is 0 Å². The number of ether oxygens (including phenoxy) is 1. The predicted molar refractivity (Wildman–Crippen MR) is 113 cm³/mol. The molecule has 1 aromatic heterocycles. The lowest BCUT2D eigenvalue weighted by Crippen LogP contribution is -2.42. The largest absolute Gasteiger partial charge is 0.481 e. The zero-order valence-electron chi connectivity index (χ0n) is 15.9. The molecule has 0 N–H and O–H groups in total. The molecular weight excluding hydrogens is 391 g/mol. The zero-order valence-corrected chi connectivity index (χ0v) is 16.7. The van der Waals surface area contributed by atoms with Crippen molar-refractivity contribution in [1.82, 2.24) is 9.88 Å². The van der Waals surface area contributed by atoms with Gasteiger partial charge in [0, 0.05) is 36.3 Å². The minimum atomic E-state index is -0.589. The van der Waals surface area contributed by atoms with Crippen molar-refractivity contribution in [2.75, 3.05) is 13.1 Å². The lowest BCUT2D eigenvalue weighted by Gasteiger charge is -2.26. The highest BCUT2D eigenvalue weighted by atomic mass is 35.5. The van der Waals surface area contributed by atoms with Crippen LogP contribution in [0.4, 0.5) is 4.39 Å². The van der Waals surface area contributed by atoms with Gasteiger partial charge in [-0.05, 0) is 55.3 Å². The average Bonchev–Trinajstić information content (AvgIpc) is 2.73. The maximum absolute atomic E-state index is 13.4. The smallest absolute Gasteiger partial charge is 0.263 e. The first-order valence-corrected chi connectivity index (χ1v) is 9.85. The average molecular weight is 411 g/mol. The molecule has 0 saturated carbocycles. The molecule has 4 rings (SSSR count). The Labute approximate surface area is 173 Å². The molecular formula is C23H20ClFN2O2. The summed E-state index contributed by atoms with van der Waals surface area (Å²) in [6.45, 7) is 3.09. The van der Waals surface area contributed by atoms with Crippen molar-refractivity contribution in [1.29, 1.82) is 0 Å². The first-order valence-electron chi connectivity index (χ1n) is 9.47. The van der Waals surface area contributed by atoms with Gasteiger partial charge < -0.3 is 9.64 Å². The third-order valence-corrected chi connectivity index (χ3v) is 5.28.